The van der Waals surface area contributed by atoms with Crippen LogP contribution in [0.15, 0.2) is 41.9 Å². The number of aryl methyl sites for hydroxylation is 1. The molecule has 2 heterocycles. The average Bonchev–Trinajstić information content (AvgIpc) is 2.89. The molecule has 0 saturated heterocycles. The van der Waals surface area contributed by atoms with Crippen molar-refractivity contribution in [3.05, 3.63) is 47.6 Å². The number of imidazole rings is 1. The van der Waals surface area contributed by atoms with Crippen molar-refractivity contribution in [3.63, 3.8) is 0 Å². The fourth-order valence-corrected chi connectivity index (χ4v) is 2.73. The second-order valence-corrected chi connectivity index (χ2v) is 4.56. The van der Waals surface area contributed by atoms with E-state index in [9.17, 15) is 0 Å². The second-order valence-electron chi connectivity index (χ2n) is 3.68. The fourth-order valence-electron chi connectivity index (χ4n) is 2.00. The van der Waals surface area contributed by atoms with Gasteiger partial charge in [-0.1, -0.05) is 37.3 Å². The summed E-state index contributed by atoms with van der Waals surface area (Å²) in [6.07, 6.45) is 3.10. The summed E-state index contributed by atoms with van der Waals surface area (Å²) >= 11 is 1.68. The zero-order chi connectivity index (χ0) is 11.0. The van der Waals surface area contributed by atoms with Crippen LogP contribution in [0.4, 0.5) is 0 Å². The first kappa shape index (κ1) is 9.60. The lowest BCUT2D eigenvalue weighted by Gasteiger charge is -2.00. The van der Waals surface area contributed by atoms with Crippen LogP contribution in [0.25, 0.3) is 16.2 Å². The van der Waals surface area contributed by atoms with Crippen LogP contribution in [0.1, 0.15) is 12.6 Å². The largest absolute Gasteiger partial charge is 0.294 e. The Morgan fingerprint density at radius 3 is 2.81 bits per heavy atom. The third kappa shape index (κ3) is 1.36. The molecular formula is C13H12N2S. The molecule has 3 rings (SSSR count). The van der Waals surface area contributed by atoms with Crippen LogP contribution in [0.3, 0.4) is 0 Å². The monoisotopic (exact) mass is 228 g/mol. The highest BCUT2D eigenvalue weighted by molar-refractivity contribution is 7.15. The topological polar surface area (TPSA) is 17.3 Å². The van der Waals surface area contributed by atoms with Gasteiger partial charge >= 0.3 is 0 Å². The second kappa shape index (κ2) is 3.76. The molecule has 0 saturated carbocycles. The SMILES string of the molecule is CCc1c(-c2ccccc2)nc2sccn12. The number of hydrogen-bond acceptors (Lipinski definition) is 2. The number of fused-ring (bicyclic) bond motifs is 1. The summed E-state index contributed by atoms with van der Waals surface area (Å²) in [4.78, 5) is 5.77. The molecular weight excluding hydrogens is 216 g/mol. The number of hydrogen-bond donors (Lipinski definition) is 0. The number of nitrogens with zero attached hydrogens (tertiary/aromatic N) is 2. The predicted octanol–water partition coefficient (Wildman–Crippen LogP) is 3.63. The molecule has 0 unspecified atom stereocenters. The molecule has 3 aromatic rings. The van der Waals surface area contributed by atoms with Crippen molar-refractivity contribution in [1.82, 2.24) is 9.38 Å². The van der Waals surface area contributed by atoms with E-state index in [1.165, 1.54) is 11.3 Å². The molecule has 0 bridgehead atoms. The summed E-state index contributed by atoms with van der Waals surface area (Å²) in [6.45, 7) is 2.17. The van der Waals surface area contributed by atoms with Gasteiger partial charge in [0.1, 0.15) is 0 Å². The first-order valence-corrected chi connectivity index (χ1v) is 6.28. The minimum absolute atomic E-state index is 1.00. The predicted molar refractivity (Wildman–Crippen MR) is 67.9 cm³/mol. The smallest absolute Gasteiger partial charge is 0.194 e. The zero-order valence-electron chi connectivity index (χ0n) is 9.05. The molecule has 0 aliphatic carbocycles. The fraction of sp³-hybridized carbons (Fsp3) is 0.154. The molecule has 0 fully saturated rings. The van der Waals surface area contributed by atoms with Crippen LogP contribution in [-0.2, 0) is 6.42 Å². The molecule has 0 aliphatic rings. The molecule has 2 aromatic heterocycles. The third-order valence-corrected chi connectivity index (χ3v) is 3.50. The van der Waals surface area contributed by atoms with Crippen LogP contribution in [0, 0.1) is 0 Å². The molecule has 0 spiro atoms. The maximum Gasteiger partial charge on any atom is 0.194 e. The highest BCUT2D eigenvalue weighted by Crippen LogP contribution is 2.26. The standard InChI is InChI=1S/C13H12N2S/c1-2-11-12(10-6-4-3-5-7-10)14-13-15(11)8-9-16-13/h3-9H,2H2,1H3. The maximum atomic E-state index is 4.70. The Morgan fingerprint density at radius 1 is 1.25 bits per heavy atom. The lowest BCUT2D eigenvalue weighted by molar-refractivity contribution is 1.01. The number of aromatic nitrogens is 2. The third-order valence-electron chi connectivity index (χ3n) is 2.74. The van der Waals surface area contributed by atoms with Crippen molar-refractivity contribution in [2.45, 2.75) is 13.3 Å². The van der Waals surface area contributed by atoms with Gasteiger partial charge in [0.15, 0.2) is 4.96 Å². The van der Waals surface area contributed by atoms with Gasteiger partial charge < -0.3 is 0 Å². The van der Waals surface area contributed by atoms with E-state index in [-0.39, 0.29) is 0 Å². The van der Waals surface area contributed by atoms with Crippen LogP contribution < -0.4 is 0 Å². The van der Waals surface area contributed by atoms with Gasteiger partial charge in [0.05, 0.1) is 11.4 Å². The minimum atomic E-state index is 1.00. The average molecular weight is 228 g/mol. The Morgan fingerprint density at radius 2 is 2.06 bits per heavy atom. The summed E-state index contributed by atoms with van der Waals surface area (Å²) in [6, 6.07) is 10.4. The molecule has 2 nitrogen and oxygen atoms in total. The molecule has 0 N–H and O–H groups in total. The zero-order valence-corrected chi connectivity index (χ0v) is 9.87. The van der Waals surface area contributed by atoms with Gasteiger partial charge in [-0.2, -0.15) is 0 Å². The minimum Gasteiger partial charge on any atom is -0.294 e. The Labute approximate surface area is 98.2 Å². The van der Waals surface area contributed by atoms with Crippen molar-refractivity contribution in [1.29, 1.82) is 0 Å². The molecule has 16 heavy (non-hydrogen) atoms. The van der Waals surface area contributed by atoms with E-state index in [4.69, 9.17) is 4.98 Å². The van der Waals surface area contributed by atoms with Gasteiger partial charge in [-0.25, -0.2) is 4.98 Å². The Balaban J connectivity index is 2.27. The van der Waals surface area contributed by atoms with E-state index in [0.29, 0.717) is 0 Å². The summed E-state index contributed by atoms with van der Waals surface area (Å²) in [5.74, 6) is 0. The van der Waals surface area contributed by atoms with Crippen LogP contribution in [0.5, 0.6) is 0 Å². The van der Waals surface area contributed by atoms with E-state index in [1.54, 1.807) is 11.3 Å². The van der Waals surface area contributed by atoms with Crippen molar-refractivity contribution >= 4 is 16.3 Å². The van der Waals surface area contributed by atoms with Crippen molar-refractivity contribution in [2.75, 3.05) is 0 Å². The molecule has 0 atom stereocenters. The van der Waals surface area contributed by atoms with Gasteiger partial charge in [0.25, 0.3) is 0 Å². The summed E-state index contributed by atoms with van der Waals surface area (Å²) < 4.78 is 2.19. The van der Waals surface area contributed by atoms with E-state index in [2.05, 4.69) is 47.2 Å². The first-order chi connectivity index (χ1) is 7.90. The molecule has 0 aliphatic heterocycles. The van der Waals surface area contributed by atoms with Gasteiger partial charge in [-0.3, -0.25) is 4.40 Å². The summed E-state index contributed by atoms with van der Waals surface area (Å²) in [5.41, 5.74) is 3.62. The number of thiazole rings is 1. The van der Waals surface area contributed by atoms with Crippen LogP contribution >= 0.6 is 11.3 Å². The molecule has 0 radical (unpaired) electrons. The van der Waals surface area contributed by atoms with Crippen molar-refractivity contribution < 1.29 is 0 Å². The van der Waals surface area contributed by atoms with E-state index in [0.717, 1.165) is 17.1 Å². The van der Waals surface area contributed by atoms with Crippen molar-refractivity contribution in [3.8, 4) is 11.3 Å². The van der Waals surface area contributed by atoms with E-state index >= 15 is 0 Å². The van der Waals surface area contributed by atoms with Gasteiger partial charge in [0.2, 0.25) is 0 Å². The van der Waals surface area contributed by atoms with Gasteiger partial charge in [-0.15, -0.1) is 11.3 Å². The number of benzene rings is 1. The van der Waals surface area contributed by atoms with Gasteiger partial charge in [0, 0.05) is 17.1 Å². The highest BCUT2D eigenvalue weighted by Gasteiger charge is 2.12. The lowest BCUT2D eigenvalue weighted by atomic mass is 10.1. The highest BCUT2D eigenvalue weighted by atomic mass is 32.1. The van der Waals surface area contributed by atoms with Crippen LogP contribution in [-0.4, -0.2) is 9.38 Å². The lowest BCUT2D eigenvalue weighted by Crippen LogP contribution is -1.89. The molecule has 0 amide bonds. The number of rotatable bonds is 2. The molecule has 3 heteroatoms. The van der Waals surface area contributed by atoms with Crippen LogP contribution in [0.2, 0.25) is 0 Å². The summed E-state index contributed by atoms with van der Waals surface area (Å²) in [7, 11) is 0. The Bertz CT molecular complexity index is 607. The van der Waals surface area contributed by atoms with Crippen molar-refractivity contribution in [2.24, 2.45) is 0 Å². The Kier molecular flexibility index (Phi) is 2.26. The van der Waals surface area contributed by atoms with E-state index in [1.807, 2.05) is 6.07 Å². The molecule has 80 valence electrons. The quantitative estimate of drug-likeness (QED) is 0.654. The summed E-state index contributed by atoms with van der Waals surface area (Å²) in [5, 5.41) is 2.08. The Hall–Kier alpha value is -1.61. The normalized spacial score (nSPS) is 11.1. The van der Waals surface area contributed by atoms with Gasteiger partial charge in [-0.05, 0) is 6.42 Å². The first-order valence-electron chi connectivity index (χ1n) is 5.40. The maximum absolute atomic E-state index is 4.70. The molecule has 1 aromatic carbocycles. The van der Waals surface area contributed by atoms with E-state index < -0.39 is 0 Å².